The van der Waals surface area contributed by atoms with Crippen LogP contribution in [0.2, 0.25) is 0 Å². The van der Waals surface area contributed by atoms with Crippen LogP contribution in [-0.2, 0) is 26.3 Å². The number of aromatic nitrogens is 5. The first-order valence-electron chi connectivity index (χ1n) is 9.35. The van der Waals surface area contributed by atoms with Crippen LogP contribution in [0.25, 0.3) is 0 Å². The zero-order chi connectivity index (χ0) is 23.9. The number of tetrazole rings is 1. The molecule has 2 saturated heterocycles. The molecule has 4 heterocycles. The molecule has 2 amide bonds. The van der Waals surface area contributed by atoms with Gasteiger partial charge >= 0.3 is 29.6 Å². The van der Waals surface area contributed by atoms with E-state index >= 15 is 0 Å². The van der Waals surface area contributed by atoms with Crippen LogP contribution in [0.1, 0.15) is 12.6 Å². The minimum absolute atomic E-state index is 0. The van der Waals surface area contributed by atoms with Crippen molar-refractivity contribution in [2.45, 2.75) is 34.3 Å². The summed E-state index contributed by atoms with van der Waals surface area (Å²) in [7, 11) is 2.94. The first kappa shape index (κ1) is 26.7. The summed E-state index contributed by atoms with van der Waals surface area (Å²) in [5, 5.41) is 31.2. The molecule has 0 bridgehead atoms. The number of carbonyl (C=O) groups is 3. The van der Waals surface area contributed by atoms with Crippen molar-refractivity contribution in [3.8, 4) is 0 Å². The Morgan fingerprint density at radius 3 is 2.76 bits per heavy atom. The molecule has 4 rings (SSSR count). The van der Waals surface area contributed by atoms with Crippen LogP contribution in [0.3, 0.4) is 0 Å². The number of β-lactam (4-membered cyclic amide) rings is 1. The van der Waals surface area contributed by atoms with E-state index in [0.29, 0.717) is 10.9 Å². The Kier molecular flexibility index (Phi) is 8.14. The summed E-state index contributed by atoms with van der Waals surface area (Å²) in [4.78, 5) is 47.7. The number of nitrogens with one attached hydrogen (secondary N) is 1. The number of hydrogen-bond donors (Lipinski definition) is 2. The van der Waals surface area contributed by atoms with Crippen molar-refractivity contribution < 1.29 is 53.9 Å². The van der Waals surface area contributed by atoms with Gasteiger partial charge in [-0.25, -0.2) is 9.67 Å². The molecule has 4 atom stereocenters. The third-order valence-corrected chi connectivity index (χ3v) is 8.92. The third kappa shape index (κ3) is 4.76. The number of thiazole rings is 1. The van der Waals surface area contributed by atoms with Crippen molar-refractivity contribution in [2.24, 2.45) is 12.2 Å². The van der Waals surface area contributed by atoms with Crippen LogP contribution in [0, 0.1) is 0 Å². The summed E-state index contributed by atoms with van der Waals surface area (Å²) in [6, 6.07) is -2.14. The maximum absolute atomic E-state index is 12.8. The molecule has 2 aromatic rings. The van der Waals surface area contributed by atoms with Gasteiger partial charge < -0.3 is 30.7 Å². The summed E-state index contributed by atoms with van der Waals surface area (Å²) in [6.45, 7) is 1.73. The second-order valence-corrected chi connectivity index (χ2v) is 10.8. The third-order valence-electron chi connectivity index (χ3n) is 5.07. The minimum Gasteiger partial charge on any atom is -0.548 e. The standard InChI is InChI=1S/C16H19N9O5S3.Na/c1-16(5-32-15-20-22-23-24(15)2)9(13(28)29)25-11(27)8(12(25)33-16)19-10(26)7(21-30-3)6-4-31-14(17)18-6;/h4,8-9,12H,5H2,1-3H3,(H2,17,18)(H,19,26)(H,28,29);/q;+1/p-1/b21-7-;/t8-,9+,12-,16-;/m1./s1. The zero-order valence-corrected chi connectivity index (χ0v) is 22.9. The number of hydrogen-bond acceptors (Lipinski definition) is 14. The molecule has 2 fully saturated rings. The number of rotatable bonds is 8. The number of amides is 2. The van der Waals surface area contributed by atoms with Crippen LogP contribution >= 0.6 is 34.9 Å². The Bertz CT molecular complexity index is 1140. The first-order valence-corrected chi connectivity index (χ1v) is 12.1. The van der Waals surface area contributed by atoms with Gasteiger partial charge in [0.2, 0.25) is 11.1 Å². The van der Waals surface area contributed by atoms with Gasteiger partial charge in [-0.15, -0.1) is 28.2 Å². The molecule has 3 N–H and O–H groups in total. The molecule has 0 saturated carbocycles. The second-order valence-electron chi connectivity index (χ2n) is 7.31. The predicted molar refractivity (Wildman–Crippen MR) is 117 cm³/mol. The monoisotopic (exact) mass is 535 g/mol. The summed E-state index contributed by atoms with van der Waals surface area (Å²) in [5.41, 5.74) is 5.68. The van der Waals surface area contributed by atoms with Gasteiger partial charge in [0.25, 0.3) is 5.91 Å². The van der Waals surface area contributed by atoms with Crippen molar-refractivity contribution in [1.82, 2.24) is 35.4 Å². The van der Waals surface area contributed by atoms with Crippen molar-refractivity contribution >= 4 is 63.5 Å². The average Bonchev–Trinajstić information content (AvgIpc) is 3.45. The Balaban J connectivity index is 0.00000324. The Labute approximate surface area is 227 Å². The molecular weight excluding hydrogens is 517 g/mol. The van der Waals surface area contributed by atoms with Crippen LogP contribution in [0.4, 0.5) is 5.13 Å². The van der Waals surface area contributed by atoms with Crippen LogP contribution < -0.4 is 45.7 Å². The molecule has 0 unspecified atom stereocenters. The van der Waals surface area contributed by atoms with Gasteiger partial charge in [0.05, 0.1) is 16.8 Å². The minimum atomic E-state index is -1.37. The van der Waals surface area contributed by atoms with E-state index in [2.05, 4.69) is 31.0 Å². The van der Waals surface area contributed by atoms with Crippen molar-refractivity contribution in [1.29, 1.82) is 0 Å². The fourth-order valence-corrected chi connectivity index (χ4v) is 7.02. The van der Waals surface area contributed by atoms with Crippen molar-refractivity contribution in [3.05, 3.63) is 11.1 Å². The maximum atomic E-state index is 12.8. The van der Waals surface area contributed by atoms with E-state index in [1.807, 2.05) is 0 Å². The normalized spacial score (nSPS) is 25.9. The Hall–Kier alpha value is -1.92. The molecular formula is C16H18N9NaO5S3. The van der Waals surface area contributed by atoms with Gasteiger partial charge in [0.15, 0.2) is 10.8 Å². The van der Waals surface area contributed by atoms with E-state index < -0.39 is 40.0 Å². The summed E-state index contributed by atoms with van der Waals surface area (Å²) in [6.07, 6.45) is 0. The molecule has 0 spiro atoms. The van der Waals surface area contributed by atoms with Crippen LogP contribution in [-0.4, -0.2) is 88.7 Å². The molecule has 0 aromatic carbocycles. The molecule has 34 heavy (non-hydrogen) atoms. The number of anilines is 1. The molecule has 14 nitrogen and oxygen atoms in total. The average molecular weight is 536 g/mol. The van der Waals surface area contributed by atoms with E-state index in [9.17, 15) is 19.5 Å². The van der Waals surface area contributed by atoms with E-state index in [0.717, 1.165) is 11.3 Å². The topological polar surface area (TPSA) is 194 Å². The largest absolute Gasteiger partial charge is 1.00 e. The zero-order valence-electron chi connectivity index (χ0n) is 18.5. The number of carboxylic acid groups (broad SMARTS) is 1. The van der Waals surface area contributed by atoms with Gasteiger partial charge in [-0.1, -0.05) is 16.9 Å². The maximum Gasteiger partial charge on any atom is 1.00 e. The summed E-state index contributed by atoms with van der Waals surface area (Å²) in [5.74, 6) is -2.31. The van der Waals surface area contributed by atoms with E-state index in [4.69, 9.17) is 10.6 Å². The van der Waals surface area contributed by atoms with Gasteiger partial charge in [0, 0.05) is 18.2 Å². The Morgan fingerprint density at radius 1 is 1.47 bits per heavy atom. The number of nitrogens with zero attached hydrogens (tertiary/aromatic N) is 7. The molecule has 2 aliphatic rings. The van der Waals surface area contributed by atoms with E-state index in [1.54, 1.807) is 14.0 Å². The fourth-order valence-electron chi connectivity index (χ4n) is 3.58. The van der Waals surface area contributed by atoms with Gasteiger partial charge in [-0.05, 0) is 17.4 Å². The Morgan fingerprint density at radius 2 is 2.21 bits per heavy atom. The molecule has 2 aliphatic heterocycles. The van der Waals surface area contributed by atoms with E-state index in [1.165, 1.54) is 45.6 Å². The van der Waals surface area contributed by atoms with Crippen LogP contribution in [0.15, 0.2) is 15.7 Å². The number of thioether (sulfide) groups is 2. The number of nitrogens with two attached hydrogens (primary N) is 1. The quantitative estimate of drug-likeness (QED) is 0.107. The van der Waals surface area contributed by atoms with Crippen molar-refractivity contribution in [3.63, 3.8) is 0 Å². The second kappa shape index (κ2) is 10.4. The number of fused-ring (bicyclic) bond motifs is 1. The number of carboxylic acids is 1. The van der Waals surface area contributed by atoms with Gasteiger partial charge in [0.1, 0.15) is 24.2 Å². The van der Waals surface area contributed by atoms with Gasteiger partial charge in [-0.3, -0.25) is 9.59 Å². The van der Waals surface area contributed by atoms with Crippen LogP contribution in [0.5, 0.6) is 0 Å². The SMILES string of the molecule is CO/N=C(\C(=O)N[C@@H]1C(=O)N2[C@@H]1S[C@](C)(CSc1nnnn1C)[C@@H]2C(=O)[O-])c1csc(N)n1.[Na+]. The predicted octanol–water partition coefficient (Wildman–Crippen LogP) is -5.33. The first-order chi connectivity index (χ1) is 15.7. The number of aliphatic carboxylic acids is 1. The number of carbonyl (C=O) groups excluding carboxylic acids is 3. The molecule has 18 heteroatoms. The summed E-state index contributed by atoms with van der Waals surface area (Å²) < 4.78 is 0.550. The number of nitrogen functional groups attached to an aromatic ring is 1. The number of aryl methyl sites for hydroxylation is 1. The smallest absolute Gasteiger partial charge is 0.548 e. The number of oxime groups is 1. The molecule has 0 aliphatic carbocycles. The molecule has 2 aromatic heterocycles. The summed E-state index contributed by atoms with van der Waals surface area (Å²) >= 11 is 3.66. The fraction of sp³-hybridized carbons (Fsp3) is 0.500. The van der Waals surface area contributed by atoms with E-state index in [-0.39, 0.29) is 46.1 Å². The van der Waals surface area contributed by atoms with Crippen molar-refractivity contribution in [2.75, 3.05) is 18.6 Å². The van der Waals surface area contributed by atoms with Gasteiger partial charge in [-0.2, -0.15) is 0 Å². The molecule has 0 radical (unpaired) electrons. The molecule has 176 valence electrons.